The van der Waals surface area contributed by atoms with E-state index in [4.69, 9.17) is 9.47 Å². The molecule has 5 heteroatoms. The summed E-state index contributed by atoms with van der Waals surface area (Å²) in [5.41, 5.74) is 2.06. The second-order valence-corrected chi connectivity index (χ2v) is 4.56. The highest BCUT2D eigenvalue weighted by Gasteiger charge is 2.14. The van der Waals surface area contributed by atoms with Crippen molar-refractivity contribution in [2.45, 2.75) is 19.5 Å². The SMILES string of the molecule is CNC(C)c1cccn1Cc1nccc(OC)c1OC. The molecule has 0 aliphatic heterocycles. The summed E-state index contributed by atoms with van der Waals surface area (Å²) in [7, 11) is 5.22. The zero-order chi connectivity index (χ0) is 14.5. The van der Waals surface area contributed by atoms with Gasteiger partial charge in [0, 0.05) is 30.2 Å². The minimum absolute atomic E-state index is 0.279. The molecule has 0 spiro atoms. The number of hydrogen-bond donors (Lipinski definition) is 1. The Bertz CT molecular complexity index is 566. The van der Waals surface area contributed by atoms with Crippen molar-refractivity contribution in [3.8, 4) is 11.5 Å². The summed E-state index contributed by atoms with van der Waals surface area (Å²) in [6.45, 7) is 2.77. The maximum atomic E-state index is 5.43. The van der Waals surface area contributed by atoms with Crippen LogP contribution in [-0.2, 0) is 6.54 Å². The summed E-state index contributed by atoms with van der Waals surface area (Å²) in [5.74, 6) is 1.39. The quantitative estimate of drug-likeness (QED) is 0.878. The molecule has 0 aliphatic carbocycles. The highest BCUT2D eigenvalue weighted by Crippen LogP contribution is 2.30. The summed E-state index contributed by atoms with van der Waals surface area (Å²) < 4.78 is 12.9. The molecule has 2 aromatic heterocycles. The molecule has 0 bridgehead atoms. The van der Waals surface area contributed by atoms with Gasteiger partial charge in [0.15, 0.2) is 11.5 Å². The summed E-state index contributed by atoms with van der Waals surface area (Å²) in [5, 5.41) is 3.25. The van der Waals surface area contributed by atoms with Crippen LogP contribution in [0.2, 0.25) is 0 Å². The van der Waals surface area contributed by atoms with Gasteiger partial charge in [-0.1, -0.05) is 0 Å². The second-order valence-electron chi connectivity index (χ2n) is 4.56. The largest absolute Gasteiger partial charge is 0.493 e. The molecule has 1 N–H and O–H groups in total. The zero-order valence-corrected chi connectivity index (χ0v) is 12.4. The topological polar surface area (TPSA) is 48.3 Å². The van der Waals surface area contributed by atoms with Crippen LogP contribution in [0.3, 0.4) is 0 Å². The molecular weight excluding hydrogens is 254 g/mol. The van der Waals surface area contributed by atoms with Crippen molar-refractivity contribution in [3.05, 3.63) is 42.0 Å². The Hall–Kier alpha value is -2.01. The molecule has 108 valence electrons. The Morgan fingerprint density at radius 2 is 2.10 bits per heavy atom. The van der Waals surface area contributed by atoms with E-state index in [1.165, 1.54) is 5.69 Å². The van der Waals surface area contributed by atoms with Gasteiger partial charge in [-0.15, -0.1) is 0 Å². The molecule has 0 fully saturated rings. The van der Waals surface area contributed by atoms with Gasteiger partial charge in [-0.05, 0) is 26.1 Å². The van der Waals surface area contributed by atoms with Gasteiger partial charge in [0.05, 0.1) is 20.8 Å². The van der Waals surface area contributed by atoms with Gasteiger partial charge in [-0.3, -0.25) is 4.98 Å². The summed E-state index contributed by atoms with van der Waals surface area (Å²) in [6.07, 6.45) is 3.78. The van der Waals surface area contributed by atoms with E-state index in [0.717, 1.165) is 5.69 Å². The molecule has 2 heterocycles. The molecule has 20 heavy (non-hydrogen) atoms. The van der Waals surface area contributed by atoms with Crippen LogP contribution in [0, 0.1) is 0 Å². The van der Waals surface area contributed by atoms with Crippen molar-refractivity contribution in [1.82, 2.24) is 14.9 Å². The number of hydrogen-bond acceptors (Lipinski definition) is 4. The third-order valence-electron chi connectivity index (χ3n) is 3.43. The van der Waals surface area contributed by atoms with Crippen LogP contribution in [0.4, 0.5) is 0 Å². The Labute approximate surface area is 119 Å². The van der Waals surface area contributed by atoms with E-state index in [1.54, 1.807) is 26.5 Å². The van der Waals surface area contributed by atoms with Crippen LogP contribution >= 0.6 is 0 Å². The molecule has 2 rings (SSSR count). The van der Waals surface area contributed by atoms with Gasteiger partial charge < -0.3 is 19.4 Å². The molecule has 0 radical (unpaired) electrons. The smallest absolute Gasteiger partial charge is 0.184 e. The predicted octanol–water partition coefficient (Wildman–Crippen LogP) is 2.23. The van der Waals surface area contributed by atoms with Gasteiger partial charge in [0.2, 0.25) is 0 Å². The van der Waals surface area contributed by atoms with Crippen molar-refractivity contribution < 1.29 is 9.47 Å². The van der Waals surface area contributed by atoms with Crippen molar-refractivity contribution in [3.63, 3.8) is 0 Å². The van der Waals surface area contributed by atoms with Crippen LogP contribution in [0.1, 0.15) is 24.4 Å². The molecule has 0 aliphatic rings. The molecular formula is C15H21N3O2. The van der Waals surface area contributed by atoms with E-state index >= 15 is 0 Å². The number of nitrogens with zero attached hydrogens (tertiary/aromatic N) is 2. The van der Waals surface area contributed by atoms with Crippen molar-refractivity contribution in [2.24, 2.45) is 0 Å². The lowest BCUT2D eigenvalue weighted by Gasteiger charge is -2.16. The Morgan fingerprint density at radius 3 is 2.75 bits per heavy atom. The van der Waals surface area contributed by atoms with E-state index in [2.05, 4.69) is 27.9 Å². The van der Waals surface area contributed by atoms with Gasteiger partial charge in [0.25, 0.3) is 0 Å². The first kappa shape index (κ1) is 14.4. The van der Waals surface area contributed by atoms with Crippen molar-refractivity contribution >= 4 is 0 Å². The van der Waals surface area contributed by atoms with Crippen LogP contribution in [-0.4, -0.2) is 30.8 Å². The predicted molar refractivity (Wildman–Crippen MR) is 78.3 cm³/mol. The van der Waals surface area contributed by atoms with E-state index in [1.807, 2.05) is 19.3 Å². The number of ether oxygens (including phenoxy) is 2. The number of rotatable bonds is 6. The lowest BCUT2D eigenvalue weighted by Crippen LogP contribution is -2.17. The van der Waals surface area contributed by atoms with Crippen LogP contribution in [0.25, 0.3) is 0 Å². The number of aromatic nitrogens is 2. The summed E-state index contributed by atoms with van der Waals surface area (Å²) in [6, 6.07) is 6.22. The van der Waals surface area contributed by atoms with Gasteiger partial charge >= 0.3 is 0 Å². The Kier molecular flexibility index (Phi) is 4.63. The summed E-state index contributed by atoms with van der Waals surface area (Å²) in [4.78, 5) is 4.41. The minimum Gasteiger partial charge on any atom is -0.493 e. The third kappa shape index (κ3) is 2.77. The first-order chi connectivity index (χ1) is 9.71. The highest BCUT2D eigenvalue weighted by molar-refractivity contribution is 5.42. The van der Waals surface area contributed by atoms with Crippen LogP contribution < -0.4 is 14.8 Å². The normalized spacial score (nSPS) is 12.2. The van der Waals surface area contributed by atoms with Crippen molar-refractivity contribution in [2.75, 3.05) is 21.3 Å². The maximum absolute atomic E-state index is 5.43. The first-order valence-electron chi connectivity index (χ1n) is 6.59. The average molecular weight is 275 g/mol. The van der Waals surface area contributed by atoms with Crippen LogP contribution in [0.5, 0.6) is 11.5 Å². The number of nitrogens with one attached hydrogen (secondary N) is 1. The van der Waals surface area contributed by atoms with E-state index in [0.29, 0.717) is 18.0 Å². The van der Waals surface area contributed by atoms with E-state index < -0.39 is 0 Å². The van der Waals surface area contributed by atoms with Crippen LogP contribution in [0.15, 0.2) is 30.6 Å². The van der Waals surface area contributed by atoms with E-state index in [-0.39, 0.29) is 6.04 Å². The average Bonchev–Trinajstić information content (AvgIpc) is 2.94. The molecule has 0 saturated heterocycles. The molecule has 1 unspecified atom stereocenters. The molecule has 0 aromatic carbocycles. The first-order valence-corrected chi connectivity index (χ1v) is 6.59. The second kappa shape index (κ2) is 6.43. The monoisotopic (exact) mass is 275 g/mol. The summed E-state index contributed by atoms with van der Waals surface area (Å²) >= 11 is 0. The molecule has 2 aromatic rings. The van der Waals surface area contributed by atoms with Gasteiger partial charge in [-0.25, -0.2) is 0 Å². The molecule has 0 saturated carbocycles. The van der Waals surface area contributed by atoms with Gasteiger partial charge in [-0.2, -0.15) is 0 Å². The number of pyridine rings is 1. The standard InChI is InChI=1S/C15H21N3O2/c1-11(16-2)13-6-5-9-18(13)10-12-15(20-4)14(19-3)7-8-17-12/h5-9,11,16H,10H2,1-4H3. The lowest BCUT2D eigenvalue weighted by atomic mass is 10.2. The lowest BCUT2D eigenvalue weighted by molar-refractivity contribution is 0.348. The number of methoxy groups -OCH3 is 2. The highest BCUT2D eigenvalue weighted by atomic mass is 16.5. The maximum Gasteiger partial charge on any atom is 0.184 e. The van der Waals surface area contributed by atoms with Gasteiger partial charge in [0.1, 0.15) is 5.69 Å². The fraction of sp³-hybridized carbons (Fsp3) is 0.400. The fourth-order valence-electron chi connectivity index (χ4n) is 2.24. The minimum atomic E-state index is 0.279. The molecule has 1 atom stereocenters. The third-order valence-corrected chi connectivity index (χ3v) is 3.43. The fourth-order valence-corrected chi connectivity index (χ4v) is 2.24. The zero-order valence-electron chi connectivity index (χ0n) is 12.4. The van der Waals surface area contributed by atoms with E-state index in [9.17, 15) is 0 Å². The molecule has 0 amide bonds. The van der Waals surface area contributed by atoms with Crippen molar-refractivity contribution in [1.29, 1.82) is 0 Å². The molecule has 5 nitrogen and oxygen atoms in total. The Morgan fingerprint density at radius 1 is 1.30 bits per heavy atom. The Balaban J connectivity index is 2.33.